The molecule has 0 bridgehead atoms. The van der Waals surface area contributed by atoms with Gasteiger partial charge in [0.15, 0.2) is 0 Å². The molecule has 12 aromatic carbocycles. The molecule has 428 valence electrons. The van der Waals surface area contributed by atoms with Crippen LogP contribution in [0.25, 0.3) is 43.1 Å². The molecule has 0 fully saturated rings. The Kier molecular flexibility index (Phi) is 30.0. The van der Waals surface area contributed by atoms with Crippen molar-refractivity contribution in [1.29, 1.82) is 0 Å². The van der Waals surface area contributed by atoms with Crippen molar-refractivity contribution in [1.82, 2.24) is 0 Å². The van der Waals surface area contributed by atoms with Crippen LogP contribution in [0.1, 0.15) is 81.1 Å². The van der Waals surface area contributed by atoms with Gasteiger partial charge in [-0.1, -0.05) is 217 Å². The number of benzene rings is 8. The van der Waals surface area contributed by atoms with E-state index in [1.807, 2.05) is 0 Å². The van der Waals surface area contributed by atoms with Gasteiger partial charge in [-0.2, -0.15) is 24.3 Å². The van der Waals surface area contributed by atoms with Gasteiger partial charge < -0.3 is 24.8 Å². The second-order valence-electron chi connectivity index (χ2n) is 21.2. The second kappa shape index (κ2) is 35.7. The summed E-state index contributed by atoms with van der Waals surface area (Å²) in [5.41, 5.74) is 3.30. The predicted molar refractivity (Wildman–Crippen MR) is 368 cm³/mol. The quantitative estimate of drug-likeness (QED) is 0.0514. The summed E-state index contributed by atoms with van der Waals surface area (Å²) in [5, 5.41) is 22.6. The van der Waals surface area contributed by atoms with Crippen LogP contribution >= 0.6 is 31.7 Å². The third-order valence-corrected chi connectivity index (χ3v) is 27.6. The summed E-state index contributed by atoms with van der Waals surface area (Å²) in [4.78, 5) is 0. The van der Waals surface area contributed by atoms with Gasteiger partial charge in [-0.05, 0) is 85.4 Å². The van der Waals surface area contributed by atoms with E-state index in [0.717, 1.165) is 22.6 Å². The molecule has 0 N–H and O–H groups in total. The molecule has 0 radical (unpaired) electrons. The number of rotatable bonds is 16. The van der Waals surface area contributed by atoms with E-state index in [1.54, 1.807) is 10.6 Å². The Morgan fingerprint density at radius 1 is 0.274 bits per heavy atom. The third-order valence-electron chi connectivity index (χ3n) is 15.8. The predicted octanol–water partition coefficient (Wildman–Crippen LogP) is 13.2. The van der Waals surface area contributed by atoms with Gasteiger partial charge in [-0.25, -0.2) is 0 Å². The van der Waals surface area contributed by atoms with Gasteiger partial charge in [0.2, 0.25) is 0 Å². The Morgan fingerprint density at radius 3 is 0.679 bits per heavy atom. The molecule has 8 heteroatoms. The Hall–Kier alpha value is -4.07. The van der Waals surface area contributed by atoms with Gasteiger partial charge in [0.25, 0.3) is 0 Å². The van der Waals surface area contributed by atoms with Gasteiger partial charge in [0.1, 0.15) is 0 Å². The molecule has 4 unspecified atom stereocenters. The van der Waals surface area contributed by atoms with Crippen LogP contribution in [0.3, 0.4) is 0 Å². The number of fused-ring (bicyclic) bond motifs is 4. The van der Waals surface area contributed by atoms with Crippen molar-refractivity contribution in [2.75, 3.05) is 0 Å². The Balaban J connectivity index is 0.000000203. The zero-order chi connectivity index (χ0) is 55.8. The van der Waals surface area contributed by atoms with Crippen molar-refractivity contribution in [3.63, 3.8) is 0 Å². The normalized spacial score (nSPS) is 13.0. The van der Waals surface area contributed by atoms with Crippen LogP contribution in [0.15, 0.2) is 267 Å². The van der Waals surface area contributed by atoms with Crippen molar-refractivity contribution < 1.29 is 68.2 Å². The van der Waals surface area contributed by atoms with Crippen LogP contribution < -0.4 is 67.3 Å². The molecule has 0 amide bonds. The minimum Gasteiger partial charge on any atom is -1.00 e. The van der Waals surface area contributed by atoms with Crippen LogP contribution in [0.5, 0.6) is 0 Å². The Morgan fingerprint density at radius 2 is 0.464 bits per heavy atom. The number of halogens is 2. The maximum absolute atomic E-state index is 2.43. The first-order valence-corrected chi connectivity index (χ1v) is 34.8. The van der Waals surface area contributed by atoms with Gasteiger partial charge in [-0.15, -0.1) is 161 Å². The van der Waals surface area contributed by atoms with Crippen molar-refractivity contribution in [3.05, 3.63) is 267 Å². The first kappa shape index (κ1) is 70.7. The fraction of sp³-hybridized carbons (Fsp3) is 0.211. The summed E-state index contributed by atoms with van der Waals surface area (Å²) in [6.45, 7) is 19.0. The molecule has 4 atom stereocenters. The molecule has 84 heavy (non-hydrogen) atoms. The first-order chi connectivity index (χ1) is 39.2. The van der Waals surface area contributed by atoms with Crippen LogP contribution in [0.2, 0.25) is 0 Å². The largest absolute Gasteiger partial charge is 2.00 e. The van der Waals surface area contributed by atoms with Gasteiger partial charge in [0.05, 0.1) is 0 Å². The fourth-order valence-corrected chi connectivity index (χ4v) is 22.2. The molecule has 0 saturated carbocycles. The molecule has 0 heterocycles. The summed E-state index contributed by atoms with van der Waals surface area (Å²) in [7, 11) is -1.04. The first-order valence-electron chi connectivity index (χ1n) is 29.2. The topological polar surface area (TPSA) is 0 Å². The summed E-state index contributed by atoms with van der Waals surface area (Å²) in [5.74, 6) is 0. The van der Waals surface area contributed by atoms with Crippen LogP contribution in [0, 0.1) is 0 Å². The SMILES string of the molecule is CCC(C)P(c1cc2ccccc2[cH-]1)C(C)CC.CCC(C)P(c1cc2ccccc2[cH-]1)C(C)CC.[Cl-].[Cl-].[Ti+2].[Ti+2].c1ccc(P(c2ccccc2)c2cc3ccccc3[cH-]2)cc1.c1ccc(P(c2ccccc2)c2cc3ccccc3[cH-]2)cc1. The molecular formula is C76H80Cl2P4Ti2-2. The Bertz CT molecular complexity index is 3260. The van der Waals surface area contributed by atoms with Crippen LogP contribution in [0.4, 0.5) is 0 Å². The number of hydrogen-bond donors (Lipinski definition) is 0. The molecule has 0 aromatic heterocycles. The molecule has 0 aliphatic carbocycles. The summed E-state index contributed by atoms with van der Waals surface area (Å²) < 4.78 is 0. The number of hydrogen-bond acceptors (Lipinski definition) is 0. The monoisotopic (exact) mass is 1280 g/mol. The zero-order valence-corrected chi connectivity index (χ0v) is 58.3. The van der Waals surface area contributed by atoms with Crippen molar-refractivity contribution in [3.8, 4) is 0 Å². The van der Waals surface area contributed by atoms with Crippen molar-refractivity contribution >= 4 is 117 Å². The molecule has 0 spiro atoms. The molecular weight excluding hydrogens is 1200 g/mol. The minimum atomic E-state index is -0.493. The van der Waals surface area contributed by atoms with E-state index in [9.17, 15) is 0 Å². The summed E-state index contributed by atoms with van der Waals surface area (Å²) in [6, 6.07) is 97.2. The molecule has 12 aromatic rings. The Labute approximate surface area is 551 Å². The molecule has 0 aliphatic heterocycles. The van der Waals surface area contributed by atoms with Crippen molar-refractivity contribution in [2.24, 2.45) is 0 Å². The van der Waals surface area contributed by atoms with E-state index >= 15 is 0 Å². The van der Waals surface area contributed by atoms with E-state index in [-0.39, 0.29) is 84.1 Å². The van der Waals surface area contributed by atoms with Gasteiger partial charge >= 0.3 is 43.4 Å². The van der Waals surface area contributed by atoms with E-state index in [4.69, 9.17) is 0 Å². The van der Waals surface area contributed by atoms with Gasteiger partial charge in [-0.3, -0.25) is 0 Å². The smallest absolute Gasteiger partial charge is 1.00 e. The maximum atomic E-state index is 2.43. The van der Waals surface area contributed by atoms with E-state index in [0.29, 0.717) is 0 Å². The fourth-order valence-electron chi connectivity index (χ4n) is 11.0. The second-order valence-corrected chi connectivity index (χ2v) is 31.9. The van der Waals surface area contributed by atoms with Crippen molar-refractivity contribution in [2.45, 2.75) is 104 Å². The standard InChI is InChI=1S/2C21H16P.2C17H24P.2ClH.2Ti/c2*1-3-11-19(12-4-1)22(20-13-5-2-6-14-20)21-15-17-9-7-8-10-18(17)16-21;2*1-5-13(3)18(14(4)6-2)17-11-15-9-7-8-10-16(15)12-17;;;;/h2*1-16H;2*7-14H,5-6H2,1-4H3;2*1H;;/q4*-1;;;2*+2/p-2. The van der Waals surface area contributed by atoms with E-state index in [2.05, 4.69) is 322 Å². The zero-order valence-electron chi connectivity index (χ0n) is 50.1. The van der Waals surface area contributed by atoms with Gasteiger partial charge in [0, 0.05) is 0 Å². The minimum absolute atomic E-state index is 0. The summed E-state index contributed by atoms with van der Waals surface area (Å²) in [6.07, 6.45) is 5.16. The molecule has 0 nitrogen and oxygen atoms in total. The third kappa shape index (κ3) is 18.0. The molecule has 0 saturated heterocycles. The summed E-state index contributed by atoms with van der Waals surface area (Å²) >= 11 is 0. The average molecular weight is 1280 g/mol. The van der Waals surface area contributed by atoms with Crippen LogP contribution in [-0.4, -0.2) is 22.6 Å². The average Bonchev–Trinajstić information content (AvgIpc) is 4.32. The molecule has 12 rings (SSSR count). The van der Waals surface area contributed by atoms with E-state index in [1.165, 1.54) is 101 Å². The van der Waals surface area contributed by atoms with E-state index < -0.39 is 15.8 Å². The van der Waals surface area contributed by atoms with Crippen LogP contribution in [-0.2, 0) is 43.4 Å². The maximum Gasteiger partial charge on any atom is 2.00 e. The molecule has 0 aliphatic rings.